The van der Waals surface area contributed by atoms with Crippen LogP contribution < -0.4 is 10.0 Å². The zero-order valence-electron chi connectivity index (χ0n) is 13.8. The van der Waals surface area contributed by atoms with Crippen molar-refractivity contribution in [2.75, 3.05) is 0 Å². The first-order chi connectivity index (χ1) is 9.69. The van der Waals surface area contributed by atoms with Gasteiger partial charge in [0, 0.05) is 18.6 Å². The van der Waals surface area contributed by atoms with Gasteiger partial charge in [0.15, 0.2) is 0 Å². The van der Waals surface area contributed by atoms with Crippen molar-refractivity contribution in [3.8, 4) is 0 Å². The Bertz CT molecular complexity index is 549. The SMILES string of the molecule is CCC(NS(=O)(=O)c1c(CNC(C)C)n[nH]c1C)C(C)C. The van der Waals surface area contributed by atoms with Gasteiger partial charge in [-0.05, 0) is 19.3 Å². The zero-order valence-corrected chi connectivity index (χ0v) is 14.6. The number of sulfonamides is 1. The minimum Gasteiger partial charge on any atom is -0.309 e. The average molecular weight is 316 g/mol. The van der Waals surface area contributed by atoms with Crippen molar-refractivity contribution in [2.24, 2.45) is 5.92 Å². The van der Waals surface area contributed by atoms with Crippen LogP contribution in [0.1, 0.15) is 52.4 Å². The highest BCUT2D eigenvalue weighted by Gasteiger charge is 2.27. The molecule has 21 heavy (non-hydrogen) atoms. The molecule has 0 saturated heterocycles. The van der Waals surface area contributed by atoms with Crippen LogP contribution in [0.15, 0.2) is 4.90 Å². The predicted octanol–water partition coefficient (Wildman–Crippen LogP) is 1.93. The molecule has 0 bridgehead atoms. The van der Waals surface area contributed by atoms with Crippen LogP contribution in [-0.4, -0.2) is 30.7 Å². The molecule has 1 rings (SSSR count). The highest BCUT2D eigenvalue weighted by molar-refractivity contribution is 7.89. The smallest absolute Gasteiger partial charge is 0.244 e. The summed E-state index contributed by atoms with van der Waals surface area (Å²) in [7, 11) is -3.57. The van der Waals surface area contributed by atoms with E-state index in [1.807, 2.05) is 34.6 Å². The standard InChI is InChI=1S/C14H28N4O2S/c1-7-12(9(2)3)18-21(19,20)14-11(6)16-17-13(14)8-15-10(4)5/h9-10,12,15,18H,7-8H2,1-6H3,(H,16,17). The fourth-order valence-corrected chi connectivity index (χ4v) is 4.03. The molecule has 0 amide bonds. The summed E-state index contributed by atoms with van der Waals surface area (Å²) < 4.78 is 28.1. The number of hydrogen-bond acceptors (Lipinski definition) is 4. The van der Waals surface area contributed by atoms with E-state index in [0.717, 1.165) is 6.42 Å². The number of aryl methyl sites for hydroxylation is 1. The molecule has 122 valence electrons. The highest BCUT2D eigenvalue weighted by atomic mass is 32.2. The van der Waals surface area contributed by atoms with Crippen LogP contribution in [0.3, 0.4) is 0 Å². The Labute approximate surface area is 128 Å². The lowest BCUT2D eigenvalue weighted by Gasteiger charge is -2.21. The van der Waals surface area contributed by atoms with E-state index in [9.17, 15) is 8.42 Å². The van der Waals surface area contributed by atoms with E-state index in [2.05, 4.69) is 20.2 Å². The van der Waals surface area contributed by atoms with Gasteiger partial charge in [-0.1, -0.05) is 34.6 Å². The lowest BCUT2D eigenvalue weighted by atomic mass is 10.0. The maximum Gasteiger partial charge on any atom is 0.244 e. The molecular formula is C14H28N4O2S. The van der Waals surface area contributed by atoms with Crippen molar-refractivity contribution in [3.63, 3.8) is 0 Å². The van der Waals surface area contributed by atoms with Gasteiger partial charge in [0.05, 0.1) is 11.4 Å². The Hall–Kier alpha value is -0.920. The average Bonchev–Trinajstić information content (AvgIpc) is 2.75. The van der Waals surface area contributed by atoms with Gasteiger partial charge < -0.3 is 5.32 Å². The van der Waals surface area contributed by atoms with E-state index < -0.39 is 10.0 Å². The van der Waals surface area contributed by atoms with E-state index >= 15 is 0 Å². The second-order valence-electron chi connectivity index (χ2n) is 6.04. The van der Waals surface area contributed by atoms with Crippen molar-refractivity contribution in [3.05, 3.63) is 11.4 Å². The number of hydrogen-bond donors (Lipinski definition) is 3. The predicted molar refractivity (Wildman–Crippen MR) is 84.5 cm³/mol. The molecule has 1 heterocycles. The molecule has 0 fully saturated rings. The number of nitrogens with one attached hydrogen (secondary N) is 3. The normalized spacial score (nSPS) is 14.1. The van der Waals surface area contributed by atoms with E-state index in [1.54, 1.807) is 6.92 Å². The first-order valence-corrected chi connectivity index (χ1v) is 8.96. The molecule has 1 unspecified atom stereocenters. The lowest BCUT2D eigenvalue weighted by molar-refractivity contribution is 0.437. The first-order valence-electron chi connectivity index (χ1n) is 7.48. The summed E-state index contributed by atoms with van der Waals surface area (Å²) in [6.07, 6.45) is 0.757. The molecule has 0 saturated carbocycles. The Morgan fingerprint density at radius 3 is 2.33 bits per heavy atom. The highest BCUT2D eigenvalue weighted by Crippen LogP contribution is 2.19. The number of nitrogens with zero attached hydrogens (tertiary/aromatic N) is 1. The van der Waals surface area contributed by atoms with Crippen LogP contribution in [0, 0.1) is 12.8 Å². The third-order valence-corrected chi connectivity index (χ3v) is 5.15. The molecule has 3 N–H and O–H groups in total. The van der Waals surface area contributed by atoms with Gasteiger partial charge >= 0.3 is 0 Å². The van der Waals surface area contributed by atoms with Gasteiger partial charge in [-0.2, -0.15) is 5.10 Å². The van der Waals surface area contributed by atoms with Crippen LogP contribution in [0.4, 0.5) is 0 Å². The van der Waals surface area contributed by atoms with Crippen LogP contribution in [0.2, 0.25) is 0 Å². The Morgan fingerprint density at radius 1 is 1.24 bits per heavy atom. The number of aromatic amines is 1. The van der Waals surface area contributed by atoms with Crippen molar-refractivity contribution in [2.45, 2.75) is 71.5 Å². The van der Waals surface area contributed by atoms with E-state index in [1.165, 1.54) is 0 Å². The molecule has 0 aliphatic heterocycles. The fraction of sp³-hybridized carbons (Fsp3) is 0.786. The molecular weight excluding hydrogens is 288 g/mol. The molecule has 0 aromatic carbocycles. The Morgan fingerprint density at radius 2 is 1.86 bits per heavy atom. The third kappa shape index (κ3) is 4.79. The summed E-state index contributed by atoms with van der Waals surface area (Å²) in [6.45, 7) is 12.2. The quantitative estimate of drug-likeness (QED) is 0.684. The van der Waals surface area contributed by atoms with Crippen molar-refractivity contribution >= 4 is 10.0 Å². The monoisotopic (exact) mass is 316 g/mol. The summed E-state index contributed by atoms with van der Waals surface area (Å²) in [5.74, 6) is 0.245. The van der Waals surface area contributed by atoms with Gasteiger partial charge in [-0.25, -0.2) is 13.1 Å². The summed E-state index contributed by atoms with van der Waals surface area (Å²) in [4.78, 5) is 0.273. The molecule has 0 aliphatic carbocycles. The van der Waals surface area contributed by atoms with E-state index in [4.69, 9.17) is 0 Å². The molecule has 0 radical (unpaired) electrons. The molecule has 1 atom stereocenters. The second-order valence-corrected chi connectivity index (χ2v) is 7.69. The van der Waals surface area contributed by atoms with Crippen LogP contribution in [-0.2, 0) is 16.6 Å². The largest absolute Gasteiger partial charge is 0.309 e. The Balaban J connectivity index is 3.04. The minimum atomic E-state index is -3.57. The second kappa shape index (κ2) is 7.38. The van der Waals surface area contributed by atoms with E-state index in [-0.39, 0.29) is 22.9 Å². The topological polar surface area (TPSA) is 86.9 Å². The molecule has 0 aliphatic rings. The molecule has 1 aromatic heterocycles. The van der Waals surface area contributed by atoms with E-state index in [0.29, 0.717) is 17.9 Å². The van der Waals surface area contributed by atoms with Crippen LogP contribution >= 0.6 is 0 Å². The number of aromatic nitrogens is 2. The Kier molecular flexibility index (Phi) is 6.37. The van der Waals surface area contributed by atoms with Gasteiger partial charge in [0.25, 0.3) is 0 Å². The van der Waals surface area contributed by atoms with Crippen molar-refractivity contribution < 1.29 is 8.42 Å². The van der Waals surface area contributed by atoms with Crippen LogP contribution in [0.5, 0.6) is 0 Å². The molecule has 7 heteroatoms. The molecule has 1 aromatic rings. The van der Waals surface area contributed by atoms with Crippen molar-refractivity contribution in [1.29, 1.82) is 0 Å². The molecule has 6 nitrogen and oxygen atoms in total. The van der Waals surface area contributed by atoms with Crippen LogP contribution in [0.25, 0.3) is 0 Å². The maximum atomic E-state index is 12.7. The molecule has 0 spiro atoms. The minimum absolute atomic E-state index is 0.0739. The first kappa shape index (κ1) is 18.1. The zero-order chi connectivity index (χ0) is 16.2. The lowest BCUT2D eigenvalue weighted by Crippen LogP contribution is -2.38. The fourth-order valence-electron chi connectivity index (χ4n) is 2.20. The van der Waals surface area contributed by atoms with Gasteiger partial charge in [0.1, 0.15) is 4.90 Å². The van der Waals surface area contributed by atoms with Gasteiger partial charge in [0.2, 0.25) is 10.0 Å². The van der Waals surface area contributed by atoms with Gasteiger partial charge in [-0.3, -0.25) is 5.10 Å². The van der Waals surface area contributed by atoms with Crippen molar-refractivity contribution in [1.82, 2.24) is 20.2 Å². The van der Waals surface area contributed by atoms with Gasteiger partial charge in [-0.15, -0.1) is 0 Å². The number of H-pyrrole nitrogens is 1. The summed E-state index contributed by atoms with van der Waals surface area (Å²) in [5.41, 5.74) is 1.11. The summed E-state index contributed by atoms with van der Waals surface area (Å²) >= 11 is 0. The third-order valence-electron chi connectivity index (χ3n) is 3.46. The summed E-state index contributed by atoms with van der Waals surface area (Å²) in [6, 6.07) is 0.194. The summed E-state index contributed by atoms with van der Waals surface area (Å²) in [5, 5.41) is 10.1. The number of rotatable bonds is 8. The maximum absolute atomic E-state index is 12.7.